The average Bonchev–Trinajstić information content (AvgIpc) is 0.811. The fourth-order valence-corrected chi connectivity index (χ4v) is 0. The first-order valence-electron chi connectivity index (χ1n) is 1.41. The van der Waals surface area contributed by atoms with E-state index in [1.54, 1.807) is 13.8 Å². The minimum absolute atomic E-state index is 0. The van der Waals surface area contributed by atoms with Gasteiger partial charge in [0, 0.05) is 27.2 Å². The summed E-state index contributed by atoms with van der Waals surface area (Å²) < 4.78 is 0. The van der Waals surface area contributed by atoms with Crippen molar-refractivity contribution in [2.75, 3.05) is 0 Å². The maximum atomic E-state index is 8.06. The summed E-state index contributed by atoms with van der Waals surface area (Å²) in [6.07, 6.45) is -0.167. The summed E-state index contributed by atoms with van der Waals surface area (Å²) in [5, 5.41) is 8.06. The van der Waals surface area contributed by atoms with Gasteiger partial charge in [-0.2, -0.15) is 0 Å². The maximum absolute atomic E-state index is 8.06. The van der Waals surface area contributed by atoms with Gasteiger partial charge < -0.3 is 5.11 Å². The number of hydrogen-bond acceptors (Lipinski definition) is 1. The molecule has 0 fully saturated rings. The van der Waals surface area contributed by atoms with E-state index in [-0.39, 0.29) is 39.6 Å². The van der Waals surface area contributed by atoms with E-state index in [9.17, 15) is 0 Å². The minimum Gasteiger partial charge on any atom is -0.394 e. The third-order valence-electron chi connectivity index (χ3n) is 0. The molecular formula is C3H9ClOPt. The van der Waals surface area contributed by atoms with E-state index in [1.165, 1.54) is 0 Å². The summed E-state index contributed by atoms with van der Waals surface area (Å²) in [6.45, 7) is 3.44. The molecular weight excluding hydrogens is 283 g/mol. The molecule has 0 saturated heterocycles. The van der Waals surface area contributed by atoms with Crippen molar-refractivity contribution in [1.29, 1.82) is 0 Å². The summed E-state index contributed by atoms with van der Waals surface area (Å²) in [5.74, 6) is 0. The Balaban J connectivity index is -0.0000000450. The van der Waals surface area contributed by atoms with E-state index in [2.05, 4.69) is 0 Å². The fraction of sp³-hybridized carbons (Fsp3) is 1.00. The molecule has 44 valence electrons. The van der Waals surface area contributed by atoms with Gasteiger partial charge in [0.25, 0.3) is 0 Å². The topological polar surface area (TPSA) is 20.2 Å². The van der Waals surface area contributed by atoms with Crippen molar-refractivity contribution in [1.82, 2.24) is 0 Å². The third kappa shape index (κ3) is 87.0. The molecule has 0 atom stereocenters. The van der Waals surface area contributed by atoms with E-state index < -0.39 is 0 Å². The van der Waals surface area contributed by atoms with Crippen molar-refractivity contribution in [3.63, 3.8) is 0 Å². The summed E-state index contributed by atoms with van der Waals surface area (Å²) in [4.78, 5) is 0. The molecule has 0 bridgehead atoms. The standard InChI is InChI=1S/C3H8O.ClH.Pt/c1-3(2)4;;/h3-4H,1-2H3;1H;. The summed E-state index contributed by atoms with van der Waals surface area (Å²) in [5.41, 5.74) is 0. The Labute approximate surface area is 58.8 Å². The minimum atomic E-state index is -0.167. The molecule has 0 radical (unpaired) electrons. The van der Waals surface area contributed by atoms with E-state index in [0.717, 1.165) is 0 Å². The van der Waals surface area contributed by atoms with E-state index in [0.29, 0.717) is 0 Å². The number of aliphatic hydroxyl groups is 1. The van der Waals surface area contributed by atoms with Crippen LogP contribution in [-0.2, 0) is 21.1 Å². The van der Waals surface area contributed by atoms with Crippen molar-refractivity contribution < 1.29 is 26.2 Å². The second-order valence-electron chi connectivity index (χ2n) is 1.09. The molecule has 1 nitrogen and oxygen atoms in total. The predicted molar refractivity (Wildman–Crippen MR) is 24.6 cm³/mol. The van der Waals surface area contributed by atoms with Gasteiger partial charge in [-0.1, -0.05) is 0 Å². The molecule has 0 saturated carbocycles. The monoisotopic (exact) mass is 291 g/mol. The van der Waals surface area contributed by atoms with Gasteiger partial charge in [0.2, 0.25) is 0 Å². The Kier molecular flexibility index (Phi) is 24.5. The molecule has 0 spiro atoms. The van der Waals surface area contributed by atoms with Crippen LogP contribution in [0.15, 0.2) is 0 Å². The van der Waals surface area contributed by atoms with Crippen LogP contribution in [-0.4, -0.2) is 11.2 Å². The van der Waals surface area contributed by atoms with Gasteiger partial charge >= 0.3 is 0 Å². The Morgan fingerprint density at radius 3 is 1.33 bits per heavy atom. The molecule has 0 aliphatic carbocycles. The van der Waals surface area contributed by atoms with Crippen LogP contribution in [0.25, 0.3) is 0 Å². The second-order valence-corrected chi connectivity index (χ2v) is 1.09. The van der Waals surface area contributed by atoms with Crippen LogP contribution in [0.1, 0.15) is 13.8 Å². The second kappa shape index (κ2) is 9.34. The summed E-state index contributed by atoms with van der Waals surface area (Å²) in [6, 6.07) is 0. The fourth-order valence-electron chi connectivity index (χ4n) is 0. The van der Waals surface area contributed by atoms with Crippen LogP contribution in [0.2, 0.25) is 0 Å². The van der Waals surface area contributed by atoms with Crippen molar-refractivity contribution >= 4 is 12.4 Å². The van der Waals surface area contributed by atoms with Gasteiger partial charge in [0.05, 0.1) is 0 Å². The third-order valence-corrected chi connectivity index (χ3v) is 0. The van der Waals surface area contributed by atoms with E-state index >= 15 is 0 Å². The summed E-state index contributed by atoms with van der Waals surface area (Å²) in [7, 11) is 0. The first-order chi connectivity index (χ1) is 1.73. The average molecular weight is 292 g/mol. The molecule has 0 rings (SSSR count). The van der Waals surface area contributed by atoms with Crippen LogP contribution in [0.5, 0.6) is 0 Å². The Morgan fingerprint density at radius 2 is 1.33 bits per heavy atom. The predicted octanol–water partition coefficient (Wildman–Crippen LogP) is 0.806. The Bertz CT molecular complexity index is 15.5. The SMILES string of the molecule is CC(C)O.Cl.[Pt]. The molecule has 1 N–H and O–H groups in total. The van der Waals surface area contributed by atoms with Crippen LogP contribution in [0.3, 0.4) is 0 Å². The Hall–Kier alpha value is 0.938. The number of aliphatic hydroxyl groups excluding tert-OH is 1. The normalized spacial score (nSPS) is 6.00. The first kappa shape index (κ1) is 15.8. The van der Waals surface area contributed by atoms with Gasteiger partial charge in [-0.15, -0.1) is 12.4 Å². The zero-order chi connectivity index (χ0) is 3.58. The number of halogens is 1. The molecule has 3 heteroatoms. The van der Waals surface area contributed by atoms with Crippen molar-refractivity contribution in [2.45, 2.75) is 20.0 Å². The zero-order valence-corrected chi connectivity index (χ0v) is 6.84. The van der Waals surface area contributed by atoms with Crippen molar-refractivity contribution in [3.05, 3.63) is 0 Å². The Morgan fingerprint density at radius 1 is 1.33 bits per heavy atom. The molecule has 0 aliphatic heterocycles. The molecule has 0 heterocycles. The van der Waals surface area contributed by atoms with Crippen LogP contribution in [0.4, 0.5) is 0 Å². The number of rotatable bonds is 0. The van der Waals surface area contributed by atoms with Gasteiger partial charge in [-0.3, -0.25) is 0 Å². The van der Waals surface area contributed by atoms with Crippen LogP contribution >= 0.6 is 12.4 Å². The molecule has 0 aromatic heterocycles. The zero-order valence-electron chi connectivity index (χ0n) is 3.75. The molecule has 0 amide bonds. The molecule has 0 aromatic rings. The van der Waals surface area contributed by atoms with Crippen molar-refractivity contribution in [3.8, 4) is 0 Å². The van der Waals surface area contributed by atoms with Crippen LogP contribution in [0, 0.1) is 0 Å². The van der Waals surface area contributed by atoms with Crippen molar-refractivity contribution in [2.24, 2.45) is 0 Å². The summed E-state index contributed by atoms with van der Waals surface area (Å²) >= 11 is 0. The maximum Gasteiger partial charge on any atom is 0.0483 e. The molecule has 6 heavy (non-hydrogen) atoms. The number of hydrogen-bond donors (Lipinski definition) is 1. The largest absolute Gasteiger partial charge is 0.394 e. The molecule has 0 aliphatic rings. The molecule has 0 unspecified atom stereocenters. The quantitative estimate of drug-likeness (QED) is 0.700. The van der Waals surface area contributed by atoms with E-state index in [1.807, 2.05) is 0 Å². The van der Waals surface area contributed by atoms with Crippen LogP contribution < -0.4 is 0 Å². The van der Waals surface area contributed by atoms with E-state index in [4.69, 9.17) is 5.11 Å². The van der Waals surface area contributed by atoms with Gasteiger partial charge in [0.1, 0.15) is 0 Å². The molecule has 0 aromatic carbocycles. The van der Waals surface area contributed by atoms with Gasteiger partial charge in [-0.25, -0.2) is 0 Å². The van der Waals surface area contributed by atoms with Gasteiger partial charge in [-0.05, 0) is 13.8 Å². The smallest absolute Gasteiger partial charge is 0.0483 e. The first-order valence-corrected chi connectivity index (χ1v) is 1.41. The van der Waals surface area contributed by atoms with Gasteiger partial charge in [0.15, 0.2) is 0 Å².